The first-order valence-electron chi connectivity index (χ1n) is 8.42. The van der Waals surface area contributed by atoms with Crippen LogP contribution in [0.1, 0.15) is 27.2 Å². The van der Waals surface area contributed by atoms with Crippen LogP contribution >= 0.6 is 0 Å². The van der Waals surface area contributed by atoms with Crippen molar-refractivity contribution in [3.05, 3.63) is 75.5 Å². The van der Waals surface area contributed by atoms with Gasteiger partial charge in [-0.05, 0) is 42.7 Å². The number of rotatable bonds is 4. The predicted octanol–water partition coefficient (Wildman–Crippen LogP) is 2.43. The number of aromatic amines is 1. The summed E-state index contributed by atoms with van der Waals surface area (Å²) in [5, 5.41) is 10.1. The van der Waals surface area contributed by atoms with E-state index in [0.29, 0.717) is 12.1 Å². The van der Waals surface area contributed by atoms with Crippen LogP contribution in [0.3, 0.4) is 0 Å². The number of carbonyl (C=O) groups excluding carboxylic acids is 1. The molecule has 3 aromatic rings. The predicted molar refractivity (Wildman–Crippen MR) is 101 cm³/mol. The van der Waals surface area contributed by atoms with Gasteiger partial charge in [-0.2, -0.15) is 0 Å². The van der Waals surface area contributed by atoms with Gasteiger partial charge in [-0.25, -0.2) is 4.98 Å². The van der Waals surface area contributed by atoms with Gasteiger partial charge in [0.25, 0.3) is 11.5 Å². The summed E-state index contributed by atoms with van der Waals surface area (Å²) in [6.07, 6.45) is 3.10. The fourth-order valence-electron chi connectivity index (χ4n) is 2.69. The maximum Gasteiger partial charge on any atom is 0.294 e. The number of pyridine rings is 1. The van der Waals surface area contributed by atoms with Gasteiger partial charge in [0.15, 0.2) is 5.69 Å². The molecule has 0 radical (unpaired) electrons. The highest BCUT2D eigenvalue weighted by atomic mass is 16.3. The molecule has 2 N–H and O–H groups in total. The molecule has 3 rings (SSSR count). The number of nitrogens with one attached hydrogen (secondary N) is 1. The number of nitrogens with zero attached hydrogens (tertiary/aromatic N) is 3. The summed E-state index contributed by atoms with van der Waals surface area (Å²) < 4.78 is 0. The Hall–Kier alpha value is -3.48. The summed E-state index contributed by atoms with van der Waals surface area (Å²) in [6, 6.07) is 9.25. The van der Waals surface area contributed by atoms with Gasteiger partial charge in [-0.15, -0.1) is 0 Å². The maximum atomic E-state index is 12.8. The molecule has 7 nitrogen and oxygen atoms in total. The molecular formula is C20H20N4O3. The van der Waals surface area contributed by atoms with E-state index in [1.807, 2.05) is 32.0 Å². The lowest BCUT2D eigenvalue weighted by Crippen LogP contribution is -2.29. The van der Waals surface area contributed by atoms with Gasteiger partial charge < -0.3 is 15.0 Å². The summed E-state index contributed by atoms with van der Waals surface area (Å²) in [4.78, 5) is 36.8. The molecule has 0 aliphatic heterocycles. The van der Waals surface area contributed by atoms with Crippen molar-refractivity contribution < 1.29 is 9.90 Å². The molecule has 0 aliphatic carbocycles. The number of aromatic hydroxyl groups is 1. The summed E-state index contributed by atoms with van der Waals surface area (Å²) >= 11 is 0. The van der Waals surface area contributed by atoms with Gasteiger partial charge in [0.1, 0.15) is 5.82 Å². The lowest BCUT2D eigenvalue weighted by Gasteiger charge is -2.18. The SMILES string of the molecule is Cc1ccc(CN(C)C(=O)c2nc(-c3ccncc3)[nH]c(=O)c2O)cc1C. The van der Waals surface area contributed by atoms with Crippen LogP contribution in [0, 0.1) is 13.8 Å². The van der Waals surface area contributed by atoms with Crippen LogP contribution < -0.4 is 5.56 Å². The molecule has 7 heteroatoms. The van der Waals surface area contributed by atoms with Crippen LogP contribution in [0.4, 0.5) is 0 Å². The van der Waals surface area contributed by atoms with Gasteiger partial charge in [0, 0.05) is 31.5 Å². The zero-order valence-corrected chi connectivity index (χ0v) is 15.4. The van der Waals surface area contributed by atoms with Gasteiger partial charge in [-0.3, -0.25) is 14.6 Å². The smallest absolute Gasteiger partial charge is 0.294 e. The molecular weight excluding hydrogens is 344 g/mol. The molecule has 1 aromatic carbocycles. The number of aromatic nitrogens is 3. The molecule has 0 saturated heterocycles. The standard InChI is InChI=1S/C20H20N4O3/c1-12-4-5-14(10-13(12)2)11-24(3)20(27)16-17(25)19(26)23-18(22-16)15-6-8-21-9-7-15/h4-10,25H,11H2,1-3H3,(H,22,23,26). The largest absolute Gasteiger partial charge is 0.501 e. The third-order valence-corrected chi connectivity index (χ3v) is 4.39. The molecule has 0 atom stereocenters. The Labute approximate surface area is 156 Å². The Kier molecular flexibility index (Phi) is 5.03. The number of carbonyl (C=O) groups is 1. The lowest BCUT2D eigenvalue weighted by atomic mass is 10.1. The van der Waals surface area contributed by atoms with Crippen molar-refractivity contribution in [2.45, 2.75) is 20.4 Å². The average molecular weight is 364 g/mol. The Balaban J connectivity index is 1.92. The molecule has 0 spiro atoms. The van der Waals surface area contributed by atoms with E-state index in [1.165, 1.54) is 10.5 Å². The number of benzene rings is 1. The molecule has 0 aliphatic rings. The van der Waals surface area contributed by atoms with E-state index in [-0.39, 0.29) is 11.5 Å². The number of aryl methyl sites for hydroxylation is 2. The molecule has 2 heterocycles. The lowest BCUT2D eigenvalue weighted by molar-refractivity contribution is 0.0775. The summed E-state index contributed by atoms with van der Waals surface area (Å²) in [7, 11) is 1.60. The Morgan fingerprint density at radius 2 is 1.85 bits per heavy atom. The zero-order valence-electron chi connectivity index (χ0n) is 15.4. The molecule has 1 amide bonds. The number of amides is 1. The van der Waals surface area contributed by atoms with E-state index in [0.717, 1.165) is 11.1 Å². The van der Waals surface area contributed by atoms with Gasteiger partial charge in [-0.1, -0.05) is 18.2 Å². The zero-order chi connectivity index (χ0) is 19.6. The third-order valence-electron chi connectivity index (χ3n) is 4.39. The summed E-state index contributed by atoms with van der Waals surface area (Å²) in [5.41, 5.74) is 2.80. The molecule has 0 unspecified atom stereocenters. The van der Waals surface area contributed by atoms with Gasteiger partial charge >= 0.3 is 0 Å². The molecule has 0 fully saturated rings. The van der Waals surface area contributed by atoms with E-state index in [9.17, 15) is 14.7 Å². The third kappa shape index (κ3) is 3.87. The summed E-state index contributed by atoms with van der Waals surface area (Å²) in [5.74, 6) is -1.03. The highest BCUT2D eigenvalue weighted by Crippen LogP contribution is 2.18. The quantitative estimate of drug-likeness (QED) is 0.741. The monoisotopic (exact) mass is 364 g/mol. The fourth-order valence-corrected chi connectivity index (χ4v) is 2.69. The number of hydrogen-bond acceptors (Lipinski definition) is 5. The Bertz CT molecular complexity index is 1040. The Morgan fingerprint density at radius 3 is 2.52 bits per heavy atom. The minimum absolute atomic E-state index is 0.197. The first-order chi connectivity index (χ1) is 12.9. The van der Waals surface area contributed by atoms with Crippen LogP contribution in [0.25, 0.3) is 11.4 Å². The van der Waals surface area contributed by atoms with Crippen molar-refractivity contribution in [2.75, 3.05) is 7.05 Å². The number of H-pyrrole nitrogens is 1. The second-order valence-electron chi connectivity index (χ2n) is 6.43. The van der Waals surface area contributed by atoms with Crippen molar-refractivity contribution in [1.29, 1.82) is 0 Å². The number of hydrogen-bond donors (Lipinski definition) is 2. The van der Waals surface area contributed by atoms with E-state index in [2.05, 4.69) is 15.0 Å². The molecule has 0 bridgehead atoms. The molecule has 27 heavy (non-hydrogen) atoms. The van der Waals surface area contributed by atoms with Crippen LogP contribution in [0.5, 0.6) is 5.75 Å². The maximum absolute atomic E-state index is 12.8. The highest BCUT2D eigenvalue weighted by molar-refractivity contribution is 5.95. The normalized spacial score (nSPS) is 10.6. The van der Waals surface area contributed by atoms with E-state index in [4.69, 9.17) is 0 Å². The van der Waals surface area contributed by atoms with Crippen molar-refractivity contribution in [2.24, 2.45) is 0 Å². The van der Waals surface area contributed by atoms with Crippen LogP contribution in [0.2, 0.25) is 0 Å². The van der Waals surface area contributed by atoms with Crippen LogP contribution in [-0.4, -0.2) is 37.9 Å². The highest BCUT2D eigenvalue weighted by Gasteiger charge is 2.22. The van der Waals surface area contributed by atoms with Crippen molar-refractivity contribution in [1.82, 2.24) is 19.9 Å². The minimum atomic E-state index is -0.764. The molecule has 0 saturated carbocycles. The van der Waals surface area contributed by atoms with Crippen molar-refractivity contribution >= 4 is 5.91 Å². The van der Waals surface area contributed by atoms with Gasteiger partial charge in [0.2, 0.25) is 5.75 Å². The van der Waals surface area contributed by atoms with E-state index < -0.39 is 17.2 Å². The second kappa shape index (κ2) is 7.41. The topological polar surface area (TPSA) is 99.2 Å². The van der Waals surface area contributed by atoms with Crippen LogP contribution in [-0.2, 0) is 6.54 Å². The first kappa shape index (κ1) is 18.3. The van der Waals surface area contributed by atoms with Crippen molar-refractivity contribution in [3.8, 4) is 17.1 Å². The fraction of sp³-hybridized carbons (Fsp3) is 0.200. The average Bonchev–Trinajstić information content (AvgIpc) is 2.67. The summed E-state index contributed by atoms with van der Waals surface area (Å²) in [6.45, 7) is 4.36. The van der Waals surface area contributed by atoms with Gasteiger partial charge in [0.05, 0.1) is 0 Å². The molecule has 2 aromatic heterocycles. The van der Waals surface area contributed by atoms with Crippen molar-refractivity contribution in [3.63, 3.8) is 0 Å². The first-order valence-corrected chi connectivity index (χ1v) is 8.42. The van der Waals surface area contributed by atoms with Crippen LogP contribution in [0.15, 0.2) is 47.5 Å². The second-order valence-corrected chi connectivity index (χ2v) is 6.43. The Morgan fingerprint density at radius 1 is 1.15 bits per heavy atom. The van der Waals surface area contributed by atoms with E-state index in [1.54, 1.807) is 31.6 Å². The van der Waals surface area contributed by atoms with E-state index >= 15 is 0 Å². The molecule has 138 valence electrons. The minimum Gasteiger partial charge on any atom is -0.501 e.